The zero-order valence-electron chi connectivity index (χ0n) is 7.07. The predicted molar refractivity (Wildman–Crippen MR) is 44.0 cm³/mol. The molecule has 3 unspecified atom stereocenters. The lowest BCUT2D eigenvalue weighted by molar-refractivity contribution is 0.0934. The molecule has 12 heavy (non-hydrogen) atoms. The Labute approximate surface area is 71.5 Å². The normalized spacial score (nSPS) is 35.9. The molecule has 1 rings (SSSR count). The summed E-state index contributed by atoms with van der Waals surface area (Å²) in [7, 11) is -3.43. The van der Waals surface area contributed by atoms with Gasteiger partial charge in [-0.15, -0.1) is 0 Å². The highest BCUT2D eigenvalue weighted by atomic mass is 31.2. The maximum atomic E-state index is 12.8. The molecule has 5 heteroatoms. The van der Waals surface area contributed by atoms with Crippen LogP contribution >= 0.6 is 7.60 Å². The van der Waals surface area contributed by atoms with Crippen LogP contribution in [0.25, 0.3) is 0 Å². The monoisotopic (exact) mass is 196 g/mol. The molecule has 0 saturated heterocycles. The van der Waals surface area contributed by atoms with Crippen LogP contribution < -0.4 is 0 Å². The van der Waals surface area contributed by atoms with Crippen molar-refractivity contribution >= 4 is 7.60 Å². The molecule has 0 heterocycles. The molecule has 0 aromatic rings. The van der Waals surface area contributed by atoms with Gasteiger partial charge in [0.05, 0.1) is 6.10 Å². The Kier molecular flexibility index (Phi) is 3.27. The lowest BCUT2D eigenvalue weighted by atomic mass is 9.96. The van der Waals surface area contributed by atoms with Gasteiger partial charge >= 0.3 is 7.60 Å². The summed E-state index contributed by atoms with van der Waals surface area (Å²) in [6, 6.07) is 0. The van der Waals surface area contributed by atoms with Crippen LogP contribution in [0.4, 0.5) is 4.39 Å². The van der Waals surface area contributed by atoms with E-state index in [1.54, 1.807) is 0 Å². The highest BCUT2D eigenvalue weighted by Crippen LogP contribution is 2.41. The van der Waals surface area contributed by atoms with Gasteiger partial charge in [0.15, 0.2) is 0 Å². The number of hydrogen-bond donors (Lipinski definition) is 1. The third kappa shape index (κ3) is 3.65. The van der Waals surface area contributed by atoms with Crippen molar-refractivity contribution in [3.05, 3.63) is 0 Å². The summed E-state index contributed by atoms with van der Waals surface area (Å²) in [4.78, 5) is 8.87. The summed E-state index contributed by atoms with van der Waals surface area (Å²) in [6.07, 6.45) is 1.02. The molecular formula is C7H14FO3P. The molecule has 1 N–H and O–H groups in total. The summed E-state index contributed by atoms with van der Waals surface area (Å²) in [6.45, 7) is 1.13. The maximum Gasteiger partial charge on any atom is 0.325 e. The van der Waals surface area contributed by atoms with Crippen LogP contribution in [0.5, 0.6) is 0 Å². The molecule has 0 spiro atoms. The first kappa shape index (κ1) is 10.2. The SMILES string of the molecule is CP(=O)(O)OC1CCCC(F)C1. The molecule has 0 bridgehead atoms. The van der Waals surface area contributed by atoms with Crippen molar-refractivity contribution in [2.45, 2.75) is 38.0 Å². The van der Waals surface area contributed by atoms with Crippen LogP contribution in [0.15, 0.2) is 0 Å². The Morgan fingerprint density at radius 2 is 2.25 bits per heavy atom. The number of rotatable bonds is 2. The van der Waals surface area contributed by atoms with Crippen LogP contribution in [0.3, 0.4) is 0 Å². The summed E-state index contributed by atoms with van der Waals surface area (Å²) in [5, 5.41) is 0. The van der Waals surface area contributed by atoms with E-state index in [0.29, 0.717) is 12.8 Å². The van der Waals surface area contributed by atoms with E-state index in [1.807, 2.05) is 0 Å². The van der Waals surface area contributed by atoms with Crippen molar-refractivity contribution in [3.63, 3.8) is 0 Å². The van der Waals surface area contributed by atoms with Gasteiger partial charge in [-0.1, -0.05) is 0 Å². The van der Waals surface area contributed by atoms with Gasteiger partial charge in [-0.3, -0.25) is 4.57 Å². The second kappa shape index (κ2) is 3.86. The van der Waals surface area contributed by atoms with Crippen molar-refractivity contribution in [1.29, 1.82) is 0 Å². The predicted octanol–water partition coefficient (Wildman–Crippen LogP) is 2.10. The zero-order chi connectivity index (χ0) is 9.19. The fraction of sp³-hybridized carbons (Fsp3) is 1.00. The topological polar surface area (TPSA) is 46.5 Å². The molecule has 1 fully saturated rings. The number of hydrogen-bond acceptors (Lipinski definition) is 2. The lowest BCUT2D eigenvalue weighted by Gasteiger charge is -2.25. The van der Waals surface area contributed by atoms with E-state index >= 15 is 0 Å². The minimum atomic E-state index is -3.43. The largest absolute Gasteiger partial charge is 0.325 e. The smallest absolute Gasteiger partial charge is 0.324 e. The highest BCUT2D eigenvalue weighted by Gasteiger charge is 2.26. The van der Waals surface area contributed by atoms with E-state index in [1.165, 1.54) is 0 Å². The van der Waals surface area contributed by atoms with E-state index in [9.17, 15) is 8.96 Å². The van der Waals surface area contributed by atoms with Gasteiger partial charge in [0.25, 0.3) is 0 Å². The summed E-state index contributed by atoms with van der Waals surface area (Å²) >= 11 is 0. The number of halogens is 1. The van der Waals surface area contributed by atoms with Gasteiger partial charge in [-0.25, -0.2) is 4.39 Å². The first-order valence-electron chi connectivity index (χ1n) is 4.10. The Balaban J connectivity index is 2.37. The molecule has 3 atom stereocenters. The van der Waals surface area contributed by atoms with E-state index in [4.69, 9.17) is 9.42 Å². The fourth-order valence-corrected chi connectivity index (χ4v) is 2.20. The first-order chi connectivity index (χ1) is 5.47. The van der Waals surface area contributed by atoms with Crippen molar-refractivity contribution in [3.8, 4) is 0 Å². The van der Waals surface area contributed by atoms with Crippen molar-refractivity contribution in [2.75, 3.05) is 6.66 Å². The van der Waals surface area contributed by atoms with E-state index in [0.717, 1.165) is 13.1 Å². The Bertz CT molecular complexity index is 191. The van der Waals surface area contributed by atoms with E-state index in [2.05, 4.69) is 0 Å². The lowest BCUT2D eigenvalue weighted by Crippen LogP contribution is -2.22. The molecule has 72 valence electrons. The van der Waals surface area contributed by atoms with Gasteiger partial charge in [0.2, 0.25) is 0 Å². The van der Waals surface area contributed by atoms with Crippen molar-refractivity contribution in [2.24, 2.45) is 0 Å². The summed E-state index contributed by atoms with van der Waals surface area (Å²) in [5.41, 5.74) is 0. The molecule has 3 nitrogen and oxygen atoms in total. The zero-order valence-corrected chi connectivity index (χ0v) is 7.97. The van der Waals surface area contributed by atoms with Gasteiger partial charge in [0.1, 0.15) is 6.17 Å². The van der Waals surface area contributed by atoms with Crippen LogP contribution in [0, 0.1) is 0 Å². The molecule has 0 aromatic heterocycles. The molecule has 1 aliphatic rings. The standard InChI is InChI=1S/C7H14FO3P/c1-12(9,10)11-7-4-2-3-6(8)5-7/h6-7H,2-5H2,1H3,(H,9,10). The van der Waals surface area contributed by atoms with Crippen molar-refractivity contribution < 1.29 is 18.4 Å². The quantitative estimate of drug-likeness (QED) is 0.688. The molecule has 1 aliphatic carbocycles. The van der Waals surface area contributed by atoms with E-state index < -0.39 is 13.8 Å². The van der Waals surface area contributed by atoms with E-state index in [-0.39, 0.29) is 12.5 Å². The molecule has 0 aromatic carbocycles. The Morgan fingerprint density at radius 3 is 2.75 bits per heavy atom. The first-order valence-corrected chi connectivity index (χ1v) is 6.12. The van der Waals surface area contributed by atoms with Gasteiger partial charge in [0, 0.05) is 13.1 Å². The second-order valence-corrected chi connectivity index (χ2v) is 5.11. The minimum absolute atomic E-state index is 0.262. The Hall–Kier alpha value is 0.0800. The average molecular weight is 196 g/mol. The van der Waals surface area contributed by atoms with Gasteiger partial charge < -0.3 is 9.42 Å². The fourth-order valence-electron chi connectivity index (χ4n) is 1.46. The molecule has 1 saturated carbocycles. The molecule has 0 radical (unpaired) electrons. The maximum absolute atomic E-state index is 12.8. The summed E-state index contributed by atoms with van der Waals surface area (Å²) < 4.78 is 28.4. The third-order valence-electron chi connectivity index (χ3n) is 1.91. The highest BCUT2D eigenvalue weighted by molar-refractivity contribution is 7.51. The van der Waals surface area contributed by atoms with Gasteiger partial charge in [-0.05, 0) is 19.3 Å². The third-order valence-corrected chi connectivity index (χ3v) is 2.60. The second-order valence-electron chi connectivity index (χ2n) is 3.29. The van der Waals surface area contributed by atoms with Crippen LogP contribution in [-0.4, -0.2) is 23.8 Å². The van der Waals surface area contributed by atoms with Crippen molar-refractivity contribution in [1.82, 2.24) is 0 Å². The van der Waals surface area contributed by atoms with Crippen LogP contribution in [0.1, 0.15) is 25.7 Å². The molecule has 0 aliphatic heterocycles. The van der Waals surface area contributed by atoms with Crippen LogP contribution in [0.2, 0.25) is 0 Å². The number of alkyl halides is 1. The average Bonchev–Trinajstić information content (AvgIpc) is 1.82. The molecular weight excluding hydrogens is 182 g/mol. The molecule has 0 amide bonds. The summed E-state index contributed by atoms with van der Waals surface area (Å²) in [5.74, 6) is 0. The van der Waals surface area contributed by atoms with Gasteiger partial charge in [-0.2, -0.15) is 0 Å². The van der Waals surface area contributed by atoms with Crippen LogP contribution in [-0.2, 0) is 9.09 Å². The minimum Gasteiger partial charge on any atom is -0.324 e. The Morgan fingerprint density at radius 1 is 1.58 bits per heavy atom.